The Kier molecular flexibility index (Phi) is 10.2. The van der Waals surface area contributed by atoms with Crippen molar-refractivity contribution in [1.82, 2.24) is 10.6 Å². The van der Waals surface area contributed by atoms with Gasteiger partial charge < -0.3 is 21.1 Å². The van der Waals surface area contributed by atoms with Crippen LogP contribution in [0.3, 0.4) is 0 Å². The molecular formula is C27H29N3O5S. The molecule has 0 saturated heterocycles. The number of carbonyl (C=O) groups excluding carboxylic acids is 3. The number of hydrogen-bond donors (Lipinski definition) is 3. The van der Waals surface area contributed by atoms with Gasteiger partial charge in [-0.15, -0.1) is 0 Å². The molecule has 0 radical (unpaired) electrons. The number of rotatable bonds is 12. The SMILES string of the molecule is NC(=O)[C@H](CC[S@@](=O)c1ccccc1)NC(=O)[C@@H](Cc1ccccc1)NC(=O)OCc1ccccc1. The molecule has 0 unspecified atom stereocenters. The standard InChI is InChI=1S/C27H29N3O5S/c28-25(31)23(16-17-36(34)22-14-8-3-9-15-22)29-26(32)24(18-20-10-4-1-5-11-20)30-27(33)35-19-21-12-6-2-7-13-21/h1-15,23-24H,16-19H2,(H2,28,31)(H,29,32)(H,30,33)/t23-,24+,36+/m0/s1. The first-order chi connectivity index (χ1) is 17.4. The lowest BCUT2D eigenvalue weighted by atomic mass is 10.0. The van der Waals surface area contributed by atoms with Crippen LogP contribution in [-0.2, 0) is 38.2 Å². The molecule has 188 valence electrons. The Morgan fingerprint density at radius 1 is 0.778 bits per heavy atom. The number of amides is 3. The molecular weight excluding hydrogens is 478 g/mol. The lowest BCUT2D eigenvalue weighted by Gasteiger charge is -2.22. The van der Waals surface area contributed by atoms with Crippen LogP contribution in [0.5, 0.6) is 0 Å². The first-order valence-corrected chi connectivity index (χ1v) is 12.8. The van der Waals surface area contributed by atoms with E-state index < -0.39 is 40.8 Å². The minimum Gasteiger partial charge on any atom is -0.445 e. The van der Waals surface area contributed by atoms with Crippen molar-refractivity contribution in [3.8, 4) is 0 Å². The zero-order valence-electron chi connectivity index (χ0n) is 19.7. The van der Waals surface area contributed by atoms with Gasteiger partial charge in [0.1, 0.15) is 18.7 Å². The number of alkyl carbamates (subject to hydrolysis) is 1. The maximum atomic E-state index is 13.1. The van der Waals surface area contributed by atoms with Crippen molar-refractivity contribution in [2.75, 3.05) is 5.75 Å². The molecule has 3 amide bonds. The number of primary amides is 1. The fourth-order valence-corrected chi connectivity index (χ4v) is 4.59. The van der Waals surface area contributed by atoms with E-state index >= 15 is 0 Å². The summed E-state index contributed by atoms with van der Waals surface area (Å²) in [6, 6.07) is 25.1. The van der Waals surface area contributed by atoms with E-state index in [0.717, 1.165) is 11.1 Å². The van der Waals surface area contributed by atoms with Crippen LogP contribution < -0.4 is 16.4 Å². The summed E-state index contributed by atoms with van der Waals surface area (Å²) in [6.07, 6.45) is -0.510. The summed E-state index contributed by atoms with van der Waals surface area (Å²) in [5, 5.41) is 5.19. The van der Waals surface area contributed by atoms with E-state index in [1.54, 1.807) is 24.3 Å². The van der Waals surface area contributed by atoms with Gasteiger partial charge in [0, 0.05) is 17.1 Å². The van der Waals surface area contributed by atoms with E-state index in [4.69, 9.17) is 10.5 Å². The van der Waals surface area contributed by atoms with E-state index in [-0.39, 0.29) is 25.2 Å². The zero-order chi connectivity index (χ0) is 25.8. The molecule has 0 aliphatic rings. The van der Waals surface area contributed by atoms with E-state index in [0.29, 0.717) is 4.90 Å². The van der Waals surface area contributed by atoms with Gasteiger partial charge in [0.05, 0.1) is 10.8 Å². The number of benzene rings is 3. The van der Waals surface area contributed by atoms with Gasteiger partial charge in [-0.3, -0.25) is 13.8 Å². The van der Waals surface area contributed by atoms with Crippen LogP contribution >= 0.6 is 0 Å². The molecule has 8 nitrogen and oxygen atoms in total. The molecule has 3 aromatic rings. The van der Waals surface area contributed by atoms with Gasteiger partial charge in [-0.05, 0) is 29.7 Å². The highest BCUT2D eigenvalue weighted by Crippen LogP contribution is 2.09. The van der Waals surface area contributed by atoms with Crippen molar-refractivity contribution in [2.45, 2.75) is 36.4 Å². The van der Waals surface area contributed by atoms with Crippen LogP contribution in [0.15, 0.2) is 95.9 Å². The van der Waals surface area contributed by atoms with E-state index in [1.165, 1.54) is 0 Å². The highest BCUT2D eigenvalue weighted by Gasteiger charge is 2.27. The summed E-state index contributed by atoms with van der Waals surface area (Å²) in [6.45, 7) is 0.0432. The van der Waals surface area contributed by atoms with Crippen molar-refractivity contribution >= 4 is 28.7 Å². The number of nitrogens with two attached hydrogens (primary N) is 1. The van der Waals surface area contributed by atoms with E-state index in [1.807, 2.05) is 66.7 Å². The van der Waals surface area contributed by atoms with Crippen molar-refractivity contribution in [1.29, 1.82) is 0 Å². The molecule has 9 heteroatoms. The lowest BCUT2D eigenvalue weighted by molar-refractivity contribution is -0.128. The van der Waals surface area contributed by atoms with Crippen molar-refractivity contribution in [2.24, 2.45) is 5.73 Å². The Balaban J connectivity index is 1.64. The Hall–Kier alpha value is -3.98. The Morgan fingerprint density at radius 3 is 1.92 bits per heavy atom. The van der Waals surface area contributed by atoms with Gasteiger partial charge >= 0.3 is 6.09 Å². The normalized spacial score (nSPS) is 13.1. The van der Waals surface area contributed by atoms with Crippen LogP contribution in [0.4, 0.5) is 4.79 Å². The third-order valence-corrected chi connectivity index (χ3v) is 6.77. The second-order valence-electron chi connectivity index (χ2n) is 8.06. The summed E-state index contributed by atoms with van der Waals surface area (Å²) in [4.78, 5) is 38.3. The third-order valence-electron chi connectivity index (χ3n) is 5.36. The fourth-order valence-electron chi connectivity index (χ4n) is 3.44. The lowest BCUT2D eigenvalue weighted by Crippen LogP contribution is -2.54. The van der Waals surface area contributed by atoms with Crippen molar-refractivity contribution in [3.05, 3.63) is 102 Å². The Labute approximate surface area is 212 Å². The molecule has 0 aliphatic carbocycles. The van der Waals surface area contributed by atoms with Crippen molar-refractivity contribution in [3.63, 3.8) is 0 Å². The molecule has 3 aromatic carbocycles. The number of ether oxygens (including phenoxy) is 1. The predicted molar refractivity (Wildman–Crippen MR) is 137 cm³/mol. The highest BCUT2D eigenvalue weighted by molar-refractivity contribution is 7.85. The molecule has 0 aromatic heterocycles. The molecule has 0 fully saturated rings. The summed E-state index contributed by atoms with van der Waals surface area (Å²) in [5.74, 6) is -1.21. The second kappa shape index (κ2) is 13.8. The van der Waals surface area contributed by atoms with Gasteiger partial charge in [0.25, 0.3) is 0 Å². The van der Waals surface area contributed by atoms with Gasteiger partial charge in [0.15, 0.2) is 0 Å². The maximum Gasteiger partial charge on any atom is 0.408 e. The third kappa shape index (κ3) is 8.66. The monoisotopic (exact) mass is 507 g/mol. The van der Waals surface area contributed by atoms with Gasteiger partial charge in [0.2, 0.25) is 11.8 Å². The molecule has 3 rings (SSSR count). The molecule has 0 bridgehead atoms. The van der Waals surface area contributed by atoms with Crippen LogP contribution in [0.2, 0.25) is 0 Å². The molecule has 0 aliphatic heterocycles. The summed E-state index contributed by atoms with van der Waals surface area (Å²) >= 11 is 0. The van der Waals surface area contributed by atoms with Gasteiger partial charge in [-0.1, -0.05) is 78.9 Å². The first-order valence-electron chi connectivity index (χ1n) is 11.5. The fraction of sp³-hybridized carbons (Fsp3) is 0.222. The maximum absolute atomic E-state index is 13.1. The molecule has 0 saturated carbocycles. The number of hydrogen-bond acceptors (Lipinski definition) is 5. The van der Waals surface area contributed by atoms with Crippen LogP contribution in [0.1, 0.15) is 17.5 Å². The van der Waals surface area contributed by atoms with Gasteiger partial charge in [-0.2, -0.15) is 0 Å². The summed E-state index contributed by atoms with van der Waals surface area (Å²) in [7, 11) is -1.36. The molecule has 4 N–H and O–H groups in total. The van der Waals surface area contributed by atoms with Crippen molar-refractivity contribution < 1.29 is 23.3 Å². The smallest absolute Gasteiger partial charge is 0.408 e. The summed E-state index contributed by atoms with van der Waals surface area (Å²) in [5.41, 5.74) is 7.12. The molecule has 0 spiro atoms. The van der Waals surface area contributed by atoms with Crippen LogP contribution in [-0.4, -0.2) is 40.0 Å². The Morgan fingerprint density at radius 2 is 1.33 bits per heavy atom. The number of carbonyl (C=O) groups is 3. The molecule has 3 atom stereocenters. The molecule has 36 heavy (non-hydrogen) atoms. The quantitative estimate of drug-likeness (QED) is 0.347. The minimum absolute atomic E-state index is 0.0432. The van der Waals surface area contributed by atoms with Crippen LogP contribution in [0.25, 0.3) is 0 Å². The molecule has 0 heterocycles. The summed E-state index contributed by atoms with van der Waals surface area (Å²) < 4.78 is 17.8. The van der Waals surface area contributed by atoms with Crippen LogP contribution in [0, 0.1) is 0 Å². The highest BCUT2D eigenvalue weighted by atomic mass is 32.2. The Bertz CT molecular complexity index is 1160. The topological polar surface area (TPSA) is 128 Å². The zero-order valence-corrected chi connectivity index (χ0v) is 20.5. The minimum atomic E-state index is -1.36. The number of nitrogens with one attached hydrogen (secondary N) is 2. The van der Waals surface area contributed by atoms with Gasteiger partial charge in [-0.25, -0.2) is 4.79 Å². The predicted octanol–water partition coefficient (Wildman–Crippen LogP) is 2.69. The largest absolute Gasteiger partial charge is 0.445 e. The van der Waals surface area contributed by atoms with E-state index in [9.17, 15) is 18.6 Å². The average molecular weight is 508 g/mol. The average Bonchev–Trinajstić information content (AvgIpc) is 2.90. The first kappa shape index (κ1) is 26.6. The second-order valence-corrected chi connectivity index (χ2v) is 9.63. The van der Waals surface area contributed by atoms with E-state index in [2.05, 4.69) is 10.6 Å².